The molecule has 0 atom stereocenters. The van der Waals surface area contributed by atoms with Gasteiger partial charge in [-0.3, -0.25) is 4.98 Å². The first-order valence-corrected chi connectivity index (χ1v) is 9.51. The van der Waals surface area contributed by atoms with E-state index in [-0.39, 0.29) is 7.43 Å². The summed E-state index contributed by atoms with van der Waals surface area (Å²) in [5.41, 5.74) is 2.63. The monoisotopic (exact) mass is 345 g/mol. The van der Waals surface area contributed by atoms with E-state index in [0.29, 0.717) is 5.92 Å². The van der Waals surface area contributed by atoms with Gasteiger partial charge < -0.3 is 0 Å². The average molecular weight is 346 g/mol. The number of hydrogen-bond acceptors (Lipinski definition) is 1. The van der Waals surface area contributed by atoms with Crippen molar-refractivity contribution in [2.75, 3.05) is 0 Å². The van der Waals surface area contributed by atoms with Crippen molar-refractivity contribution in [2.45, 2.75) is 75.7 Å². The molecular weight excluding hydrogens is 302 g/mol. The first-order chi connectivity index (χ1) is 11.6. The molecule has 0 radical (unpaired) electrons. The summed E-state index contributed by atoms with van der Waals surface area (Å²) in [5, 5.41) is 0. The third-order valence-electron chi connectivity index (χ3n) is 2.83. The maximum atomic E-state index is 4.22. The molecule has 0 bridgehead atoms. The van der Waals surface area contributed by atoms with Crippen molar-refractivity contribution in [3.05, 3.63) is 66.0 Å². The van der Waals surface area contributed by atoms with E-state index in [9.17, 15) is 0 Å². The molecular formula is C24H43N. The molecule has 1 aromatic carbocycles. The van der Waals surface area contributed by atoms with Crippen molar-refractivity contribution in [1.82, 2.24) is 4.98 Å². The van der Waals surface area contributed by atoms with Crippen molar-refractivity contribution >= 4 is 0 Å². The summed E-state index contributed by atoms with van der Waals surface area (Å²) in [6.07, 6.45) is 4.12. The van der Waals surface area contributed by atoms with Crippen molar-refractivity contribution in [2.24, 2.45) is 11.8 Å². The van der Waals surface area contributed by atoms with Gasteiger partial charge in [-0.1, -0.05) is 99.2 Å². The van der Waals surface area contributed by atoms with E-state index in [1.165, 1.54) is 17.7 Å². The number of nitrogens with zero attached hydrogens (tertiary/aromatic N) is 1. The van der Waals surface area contributed by atoms with Crippen LogP contribution < -0.4 is 0 Å². The van der Waals surface area contributed by atoms with Gasteiger partial charge in [-0.25, -0.2) is 0 Å². The number of pyridine rings is 1. The molecule has 2 rings (SSSR count). The van der Waals surface area contributed by atoms with Crippen LogP contribution >= 0.6 is 0 Å². The Hall–Kier alpha value is -1.63. The number of benzene rings is 1. The Morgan fingerprint density at radius 1 is 0.680 bits per heavy atom. The molecule has 0 aliphatic carbocycles. The van der Waals surface area contributed by atoms with Crippen LogP contribution in [0.1, 0.15) is 74.1 Å². The zero-order valence-electron chi connectivity index (χ0n) is 17.2. The van der Waals surface area contributed by atoms with Gasteiger partial charge >= 0.3 is 0 Å². The Balaban J connectivity index is -0.000000312. The zero-order valence-corrected chi connectivity index (χ0v) is 17.2. The maximum absolute atomic E-state index is 4.22. The van der Waals surface area contributed by atoms with Gasteiger partial charge in [0.25, 0.3) is 0 Å². The molecule has 0 unspecified atom stereocenters. The second-order valence-corrected chi connectivity index (χ2v) is 6.00. The summed E-state index contributed by atoms with van der Waals surface area (Å²) in [6, 6.07) is 16.7. The third kappa shape index (κ3) is 18.5. The first-order valence-electron chi connectivity index (χ1n) is 9.51. The third-order valence-corrected chi connectivity index (χ3v) is 2.83. The standard InChI is InChI=1S/C10H14.C9H13N.2C2H6.CH4/c1-9(2)8-10-6-4-3-5-7-10;1-8(2)7-9-5-3-4-6-10-9;2*1-2;/h3-7,9H,8H2,1-2H3;3-6,8H,7H2,1-2H3;2*1-2H3;1H4. The molecule has 0 fully saturated rings. The molecule has 2 aromatic rings. The molecule has 0 saturated carbocycles. The van der Waals surface area contributed by atoms with Crippen LogP contribution in [0.3, 0.4) is 0 Å². The van der Waals surface area contributed by atoms with E-state index >= 15 is 0 Å². The largest absolute Gasteiger partial charge is 0.261 e. The SMILES string of the molecule is C.CC.CC.CC(C)Cc1ccccc1.CC(C)Cc1ccccn1. The van der Waals surface area contributed by atoms with Gasteiger partial charge in [-0.05, 0) is 42.4 Å². The lowest BCUT2D eigenvalue weighted by Gasteiger charge is -2.02. The van der Waals surface area contributed by atoms with E-state index in [1.807, 2.05) is 46.0 Å². The summed E-state index contributed by atoms with van der Waals surface area (Å²) < 4.78 is 0. The normalized spacial score (nSPS) is 8.72. The van der Waals surface area contributed by atoms with Crippen LogP contribution in [-0.4, -0.2) is 4.98 Å². The van der Waals surface area contributed by atoms with Crippen LogP contribution in [0.2, 0.25) is 0 Å². The summed E-state index contributed by atoms with van der Waals surface area (Å²) in [4.78, 5) is 4.22. The van der Waals surface area contributed by atoms with E-state index < -0.39 is 0 Å². The van der Waals surface area contributed by atoms with Gasteiger partial charge in [-0.15, -0.1) is 0 Å². The van der Waals surface area contributed by atoms with Gasteiger partial charge in [-0.2, -0.15) is 0 Å². The fourth-order valence-corrected chi connectivity index (χ4v) is 2.02. The quantitative estimate of drug-likeness (QED) is 0.549. The summed E-state index contributed by atoms with van der Waals surface area (Å²) in [6.45, 7) is 16.9. The van der Waals surface area contributed by atoms with E-state index in [2.05, 4.69) is 69.1 Å². The van der Waals surface area contributed by atoms with Crippen LogP contribution in [-0.2, 0) is 12.8 Å². The lowest BCUT2D eigenvalue weighted by Crippen LogP contribution is -1.95. The van der Waals surface area contributed by atoms with Crippen LogP contribution in [0.5, 0.6) is 0 Å². The lowest BCUT2D eigenvalue weighted by atomic mass is 10.0. The van der Waals surface area contributed by atoms with Crippen molar-refractivity contribution in [3.63, 3.8) is 0 Å². The molecule has 1 heterocycles. The van der Waals surface area contributed by atoms with Gasteiger partial charge in [0.15, 0.2) is 0 Å². The van der Waals surface area contributed by atoms with Crippen molar-refractivity contribution in [3.8, 4) is 0 Å². The highest BCUT2D eigenvalue weighted by Gasteiger charge is 1.95. The molecule has 0 spiro atoms. The highest BCUT2D eigenvalue weighted by atomic mass is 14.7. The molecule has 0 amide bonds. The Labute approximate surface area is 158 Å². The topological polar surface area (TPSA) is 12.9 Å². The fraction of sp³-hybridized carbons (Fsp3) is 0.542. The van der Waals surface area contributed by atoms with E-state index in [0.717, 1.165) is 12.3 Å². The minimum absolute atomic E-state index is 0. The maximum Gasteiger partial charge on any atom is 0.0406 e. The van der Waals surface area contributed by atoms with Crippen LogP contribution in [0.15, 0.2) is 54.7 Å². The Morgan fingerprint density at radius 2 is 1.16 bits per heavy atom. The average Bonchev–Trinajstić information content (AvgIpc) is 2.60. The van der Waals surface area contributed by atoms with Crippen LogP contribution in [0.4, 0.5) is 0 Å². The Kier molecular flexibility index (Phi) is 23.0. The second kappa shape index (κ2) is 20.4. The first kappa shape index (κ1) is 28.2. The molecule has 1 nitrogen and oxygen atoms in total. The Morgan fingerprint density at radius 3 is 1.56 bits per heavy atom. The van der Waals surface area contributed by atoms with Crippen molar-refractivity contribution in [1.29, 1.82) is 0 Å². The number of rotatable bonds is 4. The number of aromatic nitrogens is 1. The lowest BCUT2D eigenvalue weighted by molar-refractivity contribution is 0.635. The number of hydrogen-bond donors (Lipinski definition) is 0. The van der Waals surface area contributed by atoms with Gasteiger partial charge in [0, 0.05) is 11.9 Å². The second-order valence-electron chi connectivity index (χ2n) is 6.00. The summed E-state index contributed by atoms with van der Waals surface area (Å²) in [5.74, 6) is 1.47. The summed E-state index contributed by atoms with van der Waals surface area (Å²) in [7, 11) is 0. The highest BCUT2D eigenvalue weighted by Crippen LogP contribution is 2.06. The molecule has 0 aliphatic heterocycles. The van der Waals surface area contributed by atoms with Crippen LogP contribution in [0.25, 0.3) is 0 Å². The predicted molar refractivity (Wildman–Crippen MR) is 117 cm³/mol. The molecule has 1 aromatic heterocycles. The summed E-state index contributed by atoms with van der Waals surface area (Å²) >= 11 is 0. The van der Waals surface area contributed by atoms with Gasteiger partial charge in [0.05, 0.1) is 0 Å². The molecule has 25 heavy (non-hydrogen) atoms. The van der Waals surface area contributed by atoms with Crippen molar-refractivity contribution < 1.29 is 0 Å². The van der Waals surface area contributed by atoms with Gasteiger partial charge in [0.1, 0.15) is 0 Å². The Bertz CT molecular complexity index is 401. The molecule has 0 saturated heterocycles. The van der Waals surface area contributed by atoms with E-state index in [1.54, 1.807) is 0 Å². The fourth-order valence-electron chi connectivity index (χ4n) is 2.02. The van der Waals surface area contributed by atoms with Crippen LogP contribution in [0, 0.1) is 11.8 Å². The predicted octanol–water partition coefficient (Wildman–Crippen LogP) is 7.85. The smallest absolute Gasteiger partial charge is 0.0406 e. The van der Waals surface area contributed by atoms with Gasteiger partial charge in [0.2, 0.25) is 0 Å². The molecule has 0 aliphatic rings. The minimum atomic E-state index is 0. The zero-order chi connectivity index (χ0) is 18.8. The molecule has 144 valence electrons. The molecule has 1 heteroatoms. The highest BCUT2D eigenvalue weighted by molar-refractivity contribution is 5.14. The minimum Gasteiger partial charge on any atom is -0.261 e. The van der Waals surface area contributed by atoms with E-state index in [4.69, 9.17) is 0 Å². The molecule has 0 N–H and O–H groups in total.